The maximum Gasteiger partial charge on any atom is 0.139 e. The fourth-order valence-corrected chi connectivity index (χ4v) is 3.19. The van der Waals surface area contributed by atoms with Crippen LogP contribution in [0.3, 0.4) is 0 Å². The minimum atomic E-state index is 0.0969. The van der Waals surface area contributed by atoms with Crippen LogP contribution < -0.4 is 10.1 Å². The van der Waals surface area contributed by atoms with Crippen molar-refractivity contribution in [2.45, 2.75) is 32.7 Å². The lowest BCUT2D eigenvalue weighted by Crippen LogP contribution is -2.26. The highest BCUT2D eigenvalue weighted by Crippen LogP contribution is 2.39. The second-order valence-electron chi connectivity index (χ2n) is 7.39. The third-order valence-corrected chi connectivity index (χ3v) is 4.58. The molecule has 0 aliphatic carbocycles. The van der Waals surface area contributed by atoms with E-state index in [1.807, 2.05) is 12.3 Å². The number of nitrogens with zero attached hydrogens (tertiary/aromatic N) is 1. The standard InChI is InChI=1S/C21H22N2O/c1-21(2,3)17-10-16-12-22-13-24-20(16)18(11-17)14-6-7-19-15(9-14)5-4-8-23-19/h4-11,22H,12-13H2,1-3H3. The van der Waals surface area contributed by atoms with Crippen molar-refractivity contribution in [1.29, 1.82) is 0 Å². The lowest BCUT2D eigenvalue weighted by atomic mass is 9.83. The molecule has 4 rings (SSSR count). The van der Waals surface area contributed by atoms with Crippen LogP contribution in [0.15, 0.2) is 48.7 Å². The number of pyridine rings is 1. The number of ether oxygens (including phenoxy) is 1. The average Bonchev–Trinajstić information content (AvgIpc) is 2.59. The molecule has 0 atom stereocenters. The zero-order valence-electron chi connectivity index (χ0n) is 14.4. The van der Waals surface area contributed by atoms with Crippen LogP contribution in [-0.4, -0.2) is 11.7 Å². The molecule has 0 spiro atoms. The van der Waals surface area contributed by atoms with Gasteiger partial charge in [0.15, 0.2) is 0 Å². The predicted octanol–water partition coefficient (Wildman–Crippen LogP) is 4.64. The molecule has 0 saturated carbocycles. The van der Waals surface area contributed by atoms with Gasteiger partial charge in [0.1, 0.15) is 12.5 Å². The third-order valence-electron chi connectivity index (χ3n) is 4.58. The van der Waals surface area contributed by atoms with Crippen LogP contribution in [-0.2, 0) is 12.0 Å². The Bertz CT molecular complexity index is 909. The second kappa shape index (κ2) is 5.60. The van der Waals surface area contributed by atoms with Crippen molar-refractivity contribution in [1.82, 2.24) is 10.3 Å². The van der Waals surface area contributed by atoms with Gasteiger partial charge in [0.05, 0.1) is 5.52 Å². The summed E-state index contributed by atoms with van der Waals surface area (Å²) in [5, 5.41) is 4.45. The van der Waals surface area contributed by atoms with Crippen LogP contribution in [0.1, 0.15) is 31.9 Å². The number of rotatable bonds is 1. The first kappa shape index (κ1) is 15.2. The summed E-state index contributed by atoms with van der Waals surface area (Å²) >= 11 is 0. The van der Waals surface area contributed by atoms with Crippen molar-refractivity contribution in [3.05, 3.63) is 59.8 Å². The van der Waals surface area contributed by atoms with Crippen molar-refractivity contribution < 1.29 is 4.74 Å². The van der Waals surface area contributed by atoms with E-state index in [9.17, 15) is 0 Å². The Labute approximate surface area is 142 Å². The molecule has 24 heavy (non-hydrogen) atoms. The van der Waals surface area contributed by atoms with Gasteiger partial charge in [-0.05, 0) is 40.8 Å². The van der Waals surface area contributed by atoms with Crippen LogP contribution in [0.25, 0.3) is 22.0 Å². The number of nitrogens with one attached hydrogen (secondary N) is 1. The number of hydrogen-bond acceptors (Lipinski definition) is 3. The fraction of sp³-hybridized carbons (Fsp3) is 0.286. The summed E-state index contributed by atoms with van der Waals surface area (Å²) in [5.41, 5.74) is 6.03. The van der Waals surface area contributed by atoms with Gasteiger partial charge in [-0.2, -0.15) is 0 Å². The number of hydrogen-bond donors (Lipinski definition) is 1. The van der Waals surface area contributed by atoms with Crippen LogP contribution >= 0.6 is 0 Å². The molecule has 2 aromatic carbocycles. The topological polar surface area (TPSA) is 34.1 Å². The first-order chi connectivity index (χ1) is 11.5. The lowest BCUT2D eigenvalue weighted by molar-refractivity contribution is 0.258. The molecule has 1 N–H and O–H groups in total. The van der Waals surface area contributed by atoms with Gasteiger partial charge in [-0.1, -0.05) is 39.0 Å². The summed E-state index contributed by atoms with van der Waals surface area (Å²) < 4.78 is 5.96. The van der Waals surface area contributed by atoms with Crippen LogP contribution in [0.5, 0.6) is 5.75 Å². The van der Waals surface area contributed by atoms with Gasteiger partial charge in [-0.15, -0.1) is 0 Å². The first-order valence-corrected chi connectivity index (χ1v) is 8.38. The maximum atomic E-state index is 5.96. The van der Waals surface area contributed by atoms with Crippen molar-refractivity contribution in [3.63, 3.8) is 0 Å². The fourth-order valence-electron chi connectivity index (χ4n) is 3.19. The van der Waals surface area contributed by atoms with Gasteiger partial charge >= 0.3 is 0 Å². The summed E-state index contributed by atoms with van der Waals surface area (Å²) in [7, 11) is 0. The van der Waals surface area contributed by atoms with Crippen LogP contribution in [0, 0.1) is 0 Å². The normalized spacial score (nSPS) is 14.3. The van der Waals surface area contributed by atoms with Gasteiger partial charge in [0.2, 0.25) is 0 Å². The molecule has 0 unspecified atom stereocenters. The lowest BCUT2D eigenvalue weighted by Gasteiger charge is -2.27. The van der Waals surface area contributed by atoms with Crippen molar-refractivity contribution in [3.8, 4) is 16.9 Å². The van der Waals surface area contributed by atoms with E-state index in [1.165, 1.54) is 22.3 Å². The summed E-state index contributed by atoms with van der Waals surface area (Å²) in [6.45, 7) is 8.16. The molecule has 0 bridgehead atoms. The highest BCUT2D eigenvalue weighted by molar-refractivity contribution is 5.86. The summed E-state index contributed by atoms with van der Waals surface area (Å²) in [6, 6.07) is 15.1. The van der Waals surface area contributed by atoms with E-state index < -0.39 is 0 Å². The van der Waals surface area contributed by atoms with Gasteiger partial charge in [-0.25, -0.2) is 0 Å². The predicted molar refractivity (Wildman–Crippen MR) is 98.2 cm³/mol. The number of fused-ring (bicyclic) bond motifs is 2. The Balaban J connectivity index is 1.94. The molecule has 1 aliphatic heterocycles. The largest absolute Gasteiger partial charge is 0.477 e. The molecule has 0 amide bonds. The molecule has 2 heterocycles. The van der Waals surface area contributed by atoms with E-state index in [0.717, 1.165) is 23.2 Å². The summed E-state index contributed by atoms with van der Waals surface area (Å²) in [5.74, 6) is 1.00. The molecule has 0 saturated heterocycles. The van der Waals surface area contributed by atoms with Crippen LogP contribution in [0.2, 0.25) is 0 Å². The van der Waals surface area contributed by atoms with E-state index in [-0.39, 0.29) is 5.41 Å². The molecule has 3 nitrogen and oxygen atoms in total. The van der Waals surface area contributed by atoms with E-state index in [2.05, 4.69) is 67.5 Å². The van der Waals surface area contributed by atoms with E-state index in [4.69, 9.17) is 4.74 Å². The molecular weight excluding hydrogens is 296 g/mol. The van der Waals surface area contributed by atoms with E-state index in [0.29, 0.717) is 6.73 Å². The van der Waals surface area contributed by atoms with E-state index in [1.54, 1.807) is 0 Å². The molecule has 1 aliphatic rings. The Morgan fingerprint density at radius 2 is 1.96 bits per heavy atom. The Kier molecular flexibility index (Phi) is 3.54. The van der Waals surface area contributed by atoms with Gasteiger partial charge < -0.3 is 4.74 Å². The quantitative estimate of drug-likeness (QED) is 0.710. The minimum Gasteiger partial charge on any atom is -0.477 e. The molecule has 3 heteroatoms. The van der Waals surface area contributed by atoms with Gasteiger partial charge in [0.25, 0.3) is 0 Å². The third kappa shape index (κ3) is 2.65. The Hall–Kier alpha value is -2.39. The van der Waals surface area contributed by atoms with Crippen LogP contribution in [0.4, 0.5) is 0 Å². The van der Waals surface area contributed by atoms with Crippen molar-refractivity contribution >= 4 is 10.9 Å². The zero-order valence-corrected chi connectivity index (χ0v) is 14.4. The minimum absolute atomic E-state index is 0.0969. The Morgan fingerprint density at radius 3 is 2.79 bits per heavy atom. The zero-order chi connectivity index (χ0) is 16.7. The van der Waals surface area contributed by atoms with E-state index >= 15 is 0 Å². The average molecular weight is 318 g/mol. The maximum absolute atomic E-state index is 5.96. The molecule has 1 aromatic heterocycles. The summed E-state index contributed by atoms with van der Waals surface area (Å²) in [4.78, 5) is 4.42. The first-order valence-electron chi connectivity index (χ1n) is 8.38. The van der Waals surface area contributed by atoms with Gasteiger partial charge in [-0.3, -0.25) is 10.3 Å². The SMILES string of the molecule is CC(C)(C)c1cc2c(c(-c3ccc4ncccc4c3)c1)OCNC2. The van der Waals surface area contributed by atoms with Crippen molar-refractivity contribution in [2.75, 3.05) is 6.73 Å². The highest BCUT2D eigenvalue weighted by atomic mass is 16.5. The molecular formula is C21H22N2O. The molecule has 122 valence electrons. The molecule has 3 aromatic rings. The highest BCUT2D eigenvalue weighted by Gasteiger charge is 2.22. The number of benzene rings is 2. The smallest absolute Gasteiger partial charge is 0.139 e. The monoisotopic (exact) mass is 318 g/mol. The summed E-state index contributed by atoms with van der Waals surface area (Å²) in [6.07, 6.45) is 1.83. The Morgan fingerprint density at radius 1 is 1.08 bits per heavy atom. The van der Waals surface area contributed by atoms with Gasteiger partial charge in [0, 0.05) is 29.3 Å². The molecule has 0 radical (unpaired) electrons. The van der Waals surface area contributed by atoms with Crippen molar-refractivity contribution in [2.24, 2.45) is 0 Å². The second-order valence-corrected chi connectivity index (χ2v) is 7.39. The number of aromatic nitrogens is 1. The molecule has 0 fully saturated rings.